The van der Waals surface area contributed by atoms with Gasteiger partial charge >= 0.3 is 6.05 Å². The predicted octanol–water partition coefficient (Wildman–Crippen LogP) is 1.94. The highest BCUT2D eigenvalue weighted by Gasteiger charge is 2.46. The molecule has 0 aliphatic carbocycles. The molecule has 2 rings (SSSR count). The minimum Gasteiger partial charge on any atom is -0.293 e. The van der Waals surface area contributed by atoms with Crippen molar-refractivity contribution in [3.8, 4) is 0 Å². The molecule has 8 heteroatoms. The van der Waals surface area contributed by atoms with E-state index in [4.69, 9.17) is 16.2 Å². The lowest BCUT2D eigenvalue weighted by Gasteiger charge is -2.25. The largest absolute Gasteiger partial charge is 0.343 e. The number of benzene rings is 1. The fourth-order valence-corrected chi connectivity index (χ4v) is 2.27. The van der Waals surface area contributed by atoms with Crippen LogP contribution in [0.1, 0.15) is 5.56 Å². The lowest BCUT2D eigenvalue weighted by molar-refractivity contribution is 0.00297. The highest BCUT2D eigenvalue weighted by atomic mass is 35.5. The first-order valence-corrected chi connectivity index (χ1v) is 5.73. The van der Waals surface area contributed by atoms with Gasteiger partial charge in [0, 0.05) is 0 Å². The number of anilines is 1. The number of rotatable bonds is 2. The van der Waals surface area contributed by atoms with Crippen molar-refractivity contribution in [3.63, 3.8) is 0 Å². The molecule has 0 saturated heterocycles. The van der Waals surface area contributed by atoms with E-state index in [0.717, 1.165) is 0 Å². The molecule has 0 spiro atoms. The van der Waals surface area contributed by atoms with E-state index >= 15 is 0 Å². The molecule has 0 aromatic heterocycles. The molecule has 16 heavy (non-hydrogen) atoms. The smallest absolute Gasteiger partial charge is 0.293 e. The van der Waals surface area contributed by atoms with Crippen LogP contribution in [-0.4, -0.2) is 14.8 Å². The van der Waals surface area contributed by atoms with Gasteiger partial charge in [0.05, 0.1) is 17.1 Å². The van der Waals surface area contributed by atoms with Crippen LogP contribution in [-0.2, 0) is 17.7 Å². The Morgan fingerprint density at radius 2 is 2.25 bits per heavy atom. The Balaban J connectivity index is 2.47. The standard InChI is InChI=1S/C8H7ClF2N2O2S/c9-6-3-1-2-5-4-8(10,11)13(7(5)6)12-16(14)15/h1-3,12H,4H2,(H,14,15). The third-order valence-electron chi connectivity index (χ3n) is 2.19. The Hall–Kier alpha value is -0.760. The van der Waals surface area contributed by atoms with E-state index in [-0.39, 0.29) is 10.7 Å². The molecule has 0 fully saturated rings. The summed E-state index contributed by atoms with van der Waals surface area (Å²) in [5.41, 5.74) is 0.368. The van der Waals surface area contributed by atoms with Gasteiger partial charge in [0.1, 0.15) is 0 Å². The average Bonchev–Trinajstić information content (AvgIpc) is 2.38. The maximum atomic E-state index is 13.5. The zero-order valence-electron chi connectivity index (χ0n) is 7.78. The highest BCUT2D eigenvalue weighted by Crippen LogP contribution is 2.43. The summed E-state index contributed by atoms with van der Waals surface area (Å²) in [6.07, 6.45) is -0.549. The van der Waals surface area contributed by atoms with Crippen LogP contribution in [0.15, 0.2) is 18.2 Å². The van der Waals surface area contributed by atoms with E-state index in [2.05, 4.69) is 0 Å². The minimum atomic E-state index is -3.27. The quantitative estimate of drug-likeness (QED) is 0.637. The monoisotopic (exact) mass is 268 g/mol. The summed E-state index contributed by atoms with van der Waals surface area (Å²) in [6.45, 7) is 0. The highest BCUT2D eigenvalue weighted by molar-refractivity contribution is 7.77. The van der Waals surface area contributed by atoms with Crippen LogP contribution in [0.25, 0.3) is 0 Å². The second-order valence-electron chi connectivity index (χ2n) is 3.27. The Morgan fingerprint density at radius 1 is 1.56 bits per heavy atom. The molecule has 2 N–H and O–H groups in total. The topological polar surface area (TPSA) is 52.6 Å². The van der Waals surface area contributed by atoms with Crippen LogP contribution >= 0.6 is 11.6 Å². The van der Waals surface area contributed by atoms with Gasteiger partial charge in [-0.3, -0.25) is 4.55 Å². The molecule has 1 atom stereocenters. The minimum absolute atomic E-state index is 0.0385. The van der Waals surface area contributed by atoms with E-state index < -0.39 is 23.7 Å². The third-order valence-corrected chi connectivity index (χ3v) is 2.84. The van der Waals surface area contributed by atoms with Gasteiger partial charge in [-0.05, 0) is 11.6 Å². The summed E-state index contributed by atoms with van der Waals surface area (Å²) in [6, 6.07) is 1.22. The van der Waals surface area contributed by atoms with Crippen molar-refractivity contribution < 1.29 is 17.5 Å². The van der Waals surface area contributed by atoms with Crippen LogP contribution in [0.2, 0.25) is 5.02 Å². The first kappa shape index (κ1) is 11.7. The van der Waals surface area contributed by atoms with E-state index in [1.165, 1.54) is 12.1 Å². The number of alkyl halides is 2. The Kier molecular flexibility index (Phi) is 2.87. The summed E-state index contributed by atoms with van der Waals surface area (Å²) < 4.78 is 46.2. The van der Waals surface area contributed by atoms with Gasteiger partial charge in [0.25, 0.3) is 11.3 Å². The lowest BCUT2D eigenvalue weighted by atomic mass is 10.2. The van der Waals surface area contributed by atoms with Crippen LogP contribution in [0.3, 0.4) is 0 Å². The SMILES string of the molecule is O=S(O)NN1c2c(Cl)cccc2CC1(F)F. The fraction of sp³-hybridized carbons (Fsp3) is 0.250. The molecule has 4 nitrogen and oxygen atoms in total. The van der Waals surface area contributed by atoms with Crippen LogP contribution in [0.5, 0.6) is 0 Å². The van der Waals surface area contributed by atoms with Gasteiger partial charge in [-0.1, -0.05) is 23.7 Å². The maximum Gasteiger partial charge on any atom is 0.343 e. The molecular formula is C8H7ClF2N2O2S. The molecular weight excluding hydrogens is 262 g/mol. The molecule has 1 aliphatic heterocycles. The van der Waals surface area contributed by atoms with Gasteiger partial charge < -0.3 is 0 Å². The number of hydrogen-bond donors (Lipinski definition) is 2. The predicted molar refractivity (Wildman–Crippen MR) is 56.5 cm³/mol. The van der Waals surface area contributed by atoms with E-state index in [1.807, 2.05) is 0 Å². The second-order valence-corrected chi connectivity index (χ2v) is 4.35. The summed E-state index contributed by atoms with van der Waals surface area (Å²) >= 11 is 3.20. The summed E-state index contributed by atoms with van der Waals surface area (Å²) in [7, 11) is 0. The van der Waals surface area contributed by atoms with E-state index in [9.17, 15) is 13.0 Å². The number of halogens is 3. The first-order valence-electron chi connectivity index (χ1n) is 4.24. The molecule has 0 bridgehead atoms. The van der Waals surface area contributed by atoms with Crippen molar-refractivity contribution in [1.82, 2.24) is 4.83 Å². The van der Waals surface area contributed by atoms with Crippen molar-refractivity contribution in [3.05, 3.63) is 28.8 Å². The molecule has 1 unspecified atom stereocenters. The van der Waals surface area contributed by atoms with Crippen LogP contribution in [0, 0.1) is 0 Å². The van der Waals surface area contributed by atoms with E-state index in [0.29, 0.717) is 10.6 Å². The lowest BCUT2D eigenvalue weighted by Crippen LogP contribution is -2.49. The number of hydrogen-bond acceptors (Lipinski definition) is 2. The Labute approximate surface area is 97.6 Å². The molecule has 1 heterocycles. The Morgan fingerprint density at radius 3 is 2.88 bits per heavy atom. The molecule has 0 radical (unpaired) electrons. The normalized spacial score (nSPS) is 19.6. The van der Waals surface area contributed by atoms with Crippen LogP contribution < -0.4 is 9.84 Å². The van der Waals surface area contributed by atoms with Crippen molar-refractivity contribution in [2.75, 3.05) is 5.01 Å². The molecule has 1 aromatic rings. The van der Waals surface area contributed by atoms with Crippen molar-refractivity contribution in [2.24, 2.45) is 0 Å². The number of nitrogens with one attached hydrogen (secondary N) is 1. The summed E-state index contributed by atoms with van der Waals surface area (Å²) in [5, 5.41) is 0.438. The first-order chi connectivity index (χ1) is 7.42. The zero-order chi connectivity index (χ0) is 11.9. The van der Waals surface area contributed by atoms with Gasteiger partial charge in [0.15, 0.2) is 0 Å². The second kappa shape index (κ2) is 3.92. The van der Waals surface area contributed by atoms with Gasteiger partial charge in [-0.15, -0.1) is 4.83 Å². The zero-order valence-corrected chi connectivity index (χ0v) is 9.36. The van der Waals surface area contributed by atoms with Gasteiger partial charge in [0.2, 0.25) is 0 Å². The third kappa shape index (κ3) is 1.91. The van der Waals surface area contributed by atoms with E-state index in [1.54, 1.807) is 10.9 Å². The van der Waals surface area contributed by atoms with Gasteiger partial charge in [-0.2, -0.15) is 8.78 Å². The molecule has 0 saturated carbocycles. The Bertz CT molecular complexity index is 458. The number of hydrazine groups is 1. The average molecular weight is 269 g/mol. The number of nitrogens with zero attached hydrogens (tertiary/aromatic N) is 1. The molecule has 1 aromatic carbocycles. The summed E-state index contributed by atoms with van der Waals surface area (Å²) in [4.78, 5) is 1.76. The van der Waals surface area contributed by atoms with Crippen molar-refractivity contribution >= 4 is 28.6 Å². The molecule has 88 valence electrons. The molecule has 0 amide bonds. The number of fused-ring (bicyclic) bond motifs is 1. The van der Waals surface area contributed by atoms with Gasteiger partial charge in [-0.25, -0.2) is 9.22 Å². The van der Waals surface area contributed by atoms with Crippen molar-refractivity contribution in [2.45, 2.75) is 12.5 Å². The number of para-hydroxylation sites is 1. The van der Waals surface area contributed by atoms with Crippen molar-refractivity contribution in [1.29, 1.82) is 0 Å². The summed E-state index contributed by atoms with van der Waals surface area (Å²) in [5.74, 6) is 0. The molecule has 1 aliphatic rings. The maximum absolute atomic E-state index is 13.5. The fourth-order valence-electron chi connectivity index (χ4n) is 1.62. The van der Waals surface area contributed by atoms with Crippen LogP contribution in [0.4, 0.5) is 14.5 Å².